The summed E-state index contributed by atoms with van der Waals surface area (Å²) >= 11 is 0. The summed E-state index contributed by atoms with van der Waals surface area (Å²) in [6.45, 7) is 3.31. The molecule has 0 radical (unpaired) electrons. The highest BCUT2D eigenvalue weighted by Gasteiger charge is 2.53. The second-order valence-electron chi connectivity index (χ2n) is 5.17. The van der Waals surface area contributed by atoms with Crippen LogP contribution in [0.5, 0.6) is 0 Å². The Bertz CT molecular complexity index is 511. The van der Waals surface area contributed by atoms with Crippen LogP contribution in [0.25, 0.3) is 0 Å². The number of aliphatic imine (C=N–C) groups is 1. The van der Waals surface area contributed by atoms with Gasteiger partial charge in [0.1, 0.15) is 5.82 Å². The summed E-state index contributed by atoms with van der Waals surface area (Å²) in [6, 6.07) is 6.70. The fraction of sp³-hybridized carbons (Fsp3) is 0.500. The molecule has 1 aliphatic carbocycles. The number of para-hydroxylation sites is 1. The van der Waals surface area contributed by atoms with E-state index in [2.05, 4.69) is 4.99 Å². The average molecular weight is 263 g/mol. The highest BCUT2D eigenvalue weighted by atomic mass is 19.1. The molecule has 4 nitrogen and oxygen atoms in total. The smallest absolute Gasteiger partial charge is 0.196 e. The largest absolute Gasteiger partial charge is 0.378 e. The Morgan fingerprint density at radius 1 is 1.47 bits per heavy atom. The van der Waals surface area contributed by atoms with Gasteiger partial charge in [0, 0.05) is 6.61 Å². The predicted molar refractivity (Wildman–Crippen MR) is 72.7 cm³/mol. The number of hydrogen-bond donors (Lipinski definition) is 1. The maximum absolute atomic E-state index is 14.0. The Labute approximate surface area is 112 Å². The van der Waals surface area contributed by atoms with E-state index in [1.54, 1.807) is 12.1 Å². The van der Waals surface area contributed by atoms with Crippen molar-refractivity contribution in [3.63, 3.8) is 0 Å². The van der Waals surface area contributed by atoms with Gasteiger partial charge in [-0.05, 0) is 31.9 Å². The standard InChI is InChI=1S/C14H18FN3O/c1-2-19-10-7-14(8-10)9-17-13(16)18(14)12-6-4-3-5-11(12)15/h3-6,10H,2,7-9H2,1H3,(H2,16,17). The maximum atomic E-state index is 14.0. The van der Waals surface area contributed by atoms with E-state index >= 15 is 0 Å². The number of anilines is 1. The Morgan fingerprint density at radius 3 is 2.89 bits per heavy atom. The molecule has 3 rings (SSSR count). The van der Waals surface area contributed by atoms with Gasteiger partial charge in [-0.25, -0.2) is 4.39 Å². The summed E-state index contributed by atoms with van der Waals surface area (Å²) in [5.41, 5.74) is 6.27. The molecule has 2 aliphatic rings. The molecule has 1 aliphatic heterocycles. The molecule has 19 heavy (non-hydrogen) atoms. The summed E-state index contributed by atoms with van der Waals surface area (Å²) in [7, 11) is 0. The van der Waals surface area contributed by atoms with Crippen LogP contribution in [0.15, 0.2) is 29.3 Å². The quantitative estimate of drug-likeness (QED) is 0.906. The van der Waals surface area contributed by atoms with Crippen molar-refractivity contribution in [2.75, 3.05) is 18.1 Å². The molecule has 1 aromatic rings. The number of ether oxygens (including phenoxy) is 1. The number of nitrogens with two attached hydrogens (primary N) is 1. The maximum Gasteiger partial charge on any atom is 0.196 e. The van der Waals surface area contributed by atoms with Crippen molar-refractivity contribution in [2.45, 2.75) is 31.4 Å². The summed E-state index contributed by atoms with van der Waals surface area (Å²) in [4.78, 5) is 6.15. The molecular weight excluding hydrogens is 245 g/mol. The summed E-state index contributed by atoms with van der Waals surface area (Å²) in [6.07, 6.45) is 1.93. The predicted octanol–water partition coefficient (Wildman–Crippen LogP) is 1.90. The Hall–Kier alpha value is -1.62. The molecule has 0 saturated heterocycles. The van der Waals surface area contributed by atoms with Crippen molar-refractivity contribution < 1.29 is 9.13 Å². The van der Waals surface area contributed by atoms with Gasteiger partial charge < -0.3 is 15.4 Å². The van der Waals surface area contributed by atoms with Crippen molar-refractivity contribution in [1.29, 1.82) is 0 Å². The van der Waals surface area contributed by atoms with Gasteiger partial charge >= 0.3 is 0 Å². The molecule has 1 spiro atoms. The minimum atomic E-state index is -0.262. The number of halogens is 1. The van der Waals surface area contributed by atoms with E-state index in [9.17, 15) is 4.39 Å². The fourth-order valence-corrected chi connectivity index (χ4v) is 3.08. The van der Waals surface area contributed by atoms with Crippen LogP contribution < -0.4 is 10.6 Å². The van der Waals surface area contributed by atoms with Crippen molar-refractivity contribution in [1.82, 2.24) is 0 Å². The molecule has 0 aromatic heterocycles. The molecule has 0 amide bonds. The van der Waals surface area contributed by atoms with Crippen LogP contribution in [-0.4, -0.2) is 30.8 Å². The molecule has 2 N–H and O–H groups in total. The minimum absolute atomic E-state index is 0.188. The van der Waals surface area contributed by atoms with Crippen LogP contribution in [0.1, 0.15) is 19.8 Å². The fourth-order valence-electron chi connectivity index (χ4n) is 3.08. The third-order valence-corrected chi connectivity index (χ3v) is 3.95. The molecule has 1 aromatic carbocycles. The molecule has 0 atom stereocenters. The van der Waals surface area contributed by atoms with Crippen LogP contribution in [0.3, 0.4) is 0 Å². The first kappa shape index (κ1) is 12.4. The minimum Gasteiger partial charge on any atom is -0.378 e. The highest BCUT2D eigenvalue weighted by Crippen LogP contribution is 2.45. The topological polar surface area (TPSA) is 50.9 Å². The van der Waals surface area contributed by atoms with Gasteiger partial charge in [0.15, 0.2) is 5.96 Å². The third-order valence-electron chi connectivity index (χ3n) is 3.95. The lowest BCUT2D eigenvalue weighted by Gasteiger charge is -2.50. The lowest BCUT2D eigenvalue weighted by molar-refractivity contribution is -0.0307. The Balaban J connectivity index is 1.87. The summed E-state index contributed by atoms with van der Waals surface area (Å²) in [5, 5.41) is 0. The molecule has 0 bridgehead atoms. The second kappa shape index (κ2) is 4.49. The zero-order valence-electron chi connectivity index (χ0n) is 11.0. The molecule has 1 saturated carbocycles. The van der Waals surface area contributed by atoms with Gasteiger partial charge in [-0.15, -0.1) is 0 Å². The van der Waals surface area contributed by atoms with Gasteiger partial charge in [0.05, 0.1) is 23.9 Å². The van der Waals surface area contributed by atoms with E-state index in [1.807, 2.05) is 17.9 Å². The van der Waals surface area contributed by atoms with E-state index in [0.29, 0.717) is 24.8 Å². The number of nitrogens with zero attached hydrogens (tertiary/aromatic N) is 2. The van der Waals surface area contributed by atoms with Gasteiger partial charge in [-0.1, -0.05) is 12.1 Å². The normalized spacial score (nSPS) is 29.5. The molecule has 0 unspecified atom stereocenters. The van der Waals surface area contributed by atoms with Crippen LogP contribution in [0, 0.1) is 5.82 Å². The molecular formula is C14H18FN3O. The zero-order chi connectivity index (χ0) is 13.5. The van der Waals surface area contributed by atoms with E-state index < -0.39 is 0 Å². The van der Waals surface area contributed by atoms with Gasteiger partial charge in [0.2, 0.25) is 0 Å². The van der Waals surface area contributed by atoms with E-state index in [1.165, 1.54) is 6.07 Å². The van der Waals surface area contributed by atoms with Crippen molar-refractivity contribution in [3.8, 4) is 0 Å². The number of benzene rings is 1. The number of rotatable bonds is 3. The van der Waals surface area contributed by atoms with Crippen molar-refractivity contribution >= 4 is 11.6 Å². The first-order valence-electron chi connectivity index (χ1n) is 6.62. The average Bonchev–Trinajstić information content (AvgIpc) is 2.68. The summed E-state index contributed by atoms with van der Waals surface area (Å²) in [5.74, 6) is 0.141. The van der Waals surface area contributed by atoms with Crippen LogP contribution in [0.2, 0.25) is 0 Å². The van der Waals surface area contributed by atoms with Crippen LogP contribution >= 0.6 is 0 Å². The van der Waals surface area contributed by atoms with E-state index in [4.69, 9.17) is 10.5 Å². The van der Waals surface area contributed by atoms with Crippen molar-refractivity contribution in [3.05, 3.63) is 30.1 Å². The van der Waals surface area contributed by atoms with Crippen LogP contribution in [0.4, 0.5) is 10.1 Å². The first-order valence-corrected chi connectivity index (χ1v) is 6.62. The van der Waals surface area contributed by atoms with Crippen molar-refractivity contribution in [2.24, 2.45) is 10.7 Å². The van der Waals surface area contributed by atoms with Gasteiger partial charge in [-0.2, -0.15) is 0 Å². The number of guanidine groups is 1. The molecule has 102 valence electrons. The third kappa shape index (κ3) is 1.89. The van der Waals surface area contributed by atoms with Crippen LogP contribution in [-0.2, 0) is 4.74 Å². The van der Waals surface area contributed by atoms with Gasteiger partial charge in [0.25, 0.3) is 0 Å². The lowest BCUT2D eigenvalue weighted by atomic mass is 9.73. The lowest BCUT2D eigenvalue weighted by Crippen LogP contribution is -2.62. The molecule has 1 fully saturated rings. The SMILES string of the molecule is CCOC1CC2(CN=C(N)N2c2ccccc2F)C1. The Morgan fingerprint density at radius 2 is 2.21 bits per heavy atom. The summed E-state index contributed by atoms with van der Waals surface area (Å²) < 4.78 is 19.6. The zero-order valence-corrected chi connectivity index (χ0v) is 11.0. The first-order chi connectivity index (χ1) is 9.16. The second-order valence-corrected chi connectivity index (χ2v) is 5.17. The van der Waals surface area contributed by atoms with E-state index in [-0.39, 0.29) is 17.5 Å². The Kier molecular flexibility index (Phi) is 2.93. The molecule has 5 heteroatoms. The van der Waals surface area contributed by atoms with E-state index in [0.717, 1.165) is 12.8 Å². The monoisotopic (exact) mass is 263 g/mol. The highest BCUT2D eigenvalue weighted by molar-refractivity contribution is 5.98. The van der Waals surface area contributed by atoms with Gasteiger partial charge in [-0.3, -0.25) is 4.99 Å². The number of hydrogen-bond acceptors (Lipinski definition) is 4. The molecule has 1 heterocycles.